The Labute approximate surface area is 269 Å². The number of fused-ring (bicyclic) bond motifs is 9. The first kappa shape index (κ1) is 25.9. The normalized spacial score (nSPS) is 20.2. The van der Waals surface area contributed by atoms with Gasteiger partial charge in [0, 0.05) is 44.6 Å². The maximum atomic E-state index is 2.56. The second-order valence-electron chi connectivity index (χ2n) is 13.9. The van der Waals surface area contributed by atoms with E-state index in [1.54, 1.807) is 0 Å². The summed E-state index contributed by atoms with van der Waals surface area (Å²) in [5, 5.41) is 2.54. The Bertz CT molecular complexity index is 2420. The molecule has 0 spiro atoms. The van der Waals surface area contributed by atoms with E-state index in [-0.39, 0.29) is 16.7 Å². The molecule has 220 valence electrons. The highest BCUT2D eigenvalue weighted by Crippen LogP contribution is 2.65. The van der Waals surface area contributed by atoms with E-state index in [4.69, 9.17) is 0 Å². The van der Waals surface area contributed by atoms with Crippen LogP contribution in [-0.2, 0) is 10.8 Å². The van der Waals surface area contributed by atoms with Gasteiger partial charge < -0.3 is 9.47 Å². The maximum Gasteiger partial charge on any atom is 0.0542 e. The van der Waals surface area contributed by atoms with Crippen LogP contribution in [0.3, 0.4) is 0 Å². The monoisotopic (exact) mass is 590 g/mol. The fourth-order valence-electron chi connectivity index (χ4n) is 9.30. The molecule has 10 rings (SSSR count). The van der Waals surface area contributed by atoms with E-state index in [1.807, 2.05) is 0 Å². The zero-order chi connectivity index (χ0) is 30.8. The summed E-state index contributed by atoms with van der Waals surface area (Å²) in [7, 11) is 0. The van der Waals surface area contributed by atoms with E-state index in [1.165, 1.54) is 77.9 Å². The molecule has 0 fully saturated rings. The van der Waals surface area contributed by atoms with Crippen LogP contribution in [0.15, 0.2) is 145 Å². The van der Waals surface area contributed by atoms with Crippen molar-refractivity contribution in [2.24, 2.45) is 0 Å². The Morgan fingerprint density at radius 2 is 1.24 bits per heavy atom. The van der Waals surface area contributed by atoms with E-state index in [2.05, 4.69) is 176 Å². The van der Waals surface area contributed by atoms with E-state index < -0.39 is 0 Å². The summed E-state index contributed by atoms with van der Waals surface area (Å²) < 4.78 is 2.40. The summed E-state index contributed by atoms with van der Waals surface area (Å²) in [6.45, 7) is 7.29. The van der Waals surface area contributed by atoms with Gasteiger partial charge in [-0.3, -0.25) is 0 Å². The smallest absolute Gasteiger partial charge is 0.0542 e. The van der Waals surface area contributed by atoms with Crippen molar-refractivity contribution in [3.63, 3.8) is 0 Å². The standard InChI is InChI=1S/C44H34N2/c1-43(2)34-19-9-7-18-32(34)42-41-28(14-13-21-36(41)43)26-40-44(42,3)35-20-10-12-23-39(35)46(40)30-24-25-38-33(27-30)31-17-8-11-22-37(31)45(38)29-15-5-4-6-16-29/h4-27,42H,1-3H3. The number of aromatic nitrogens is 1. The SMILES string of the molecule is CC1(C)c2ccccc2C2c3c(cccc31)C=C1N(c3ccc4c(c3)c3ccccc3n4-c3ccccc3)c3ccccc3C12C. The van der Waals surface area contributed by atoms with Gasteiger partial charge in [-0.1, -0.05) is 111 Å². The topological polar surface area (TPSA) is 8.17 Å². The molecule has 0 saturated heterocycles. The Morgan fingerprint density at radius 1 is 0.543 bits per heavy atom. The molecule has 46 heavy (non-hydrogen) atoms. The van der Waals surface area contributed by atoms with Gasteiger partial charge in [-0.25, -0.2) is 0 Å². The Hall–Kier alpha value is -5.34. The van der Waals surface area contributed by atoms with Crippen LogP contribution in [0.25, 0.3) is 33.6 Å². The lowest BCUT2D eigenvalue weighted by molar-refractivity contribution is 0.458. The lowest BCUT2D eigenvalue weighted by Crippen LogP contribution is -2.42. The van der Waals surface area contributed by atoms with Crippen LogP contribution in [-0.4, -0.2) is 4.57 Å². The molecule has 2 heterocycles. The summed E-state index contributed by atoms with van der Waals surface area (Å²) >= 11 is 0. The largest absolute Gasteiger partial charge is 0.313 e. The van der Waals surface area contributed by atoms with E-state index in [0.29, 0.717) is 0 Å². The molecule has 2 heteroatoms. The van der Waals surface area contributed by atoms with Gasteiger partial charge >= 0.3 is 0 Å². The molecule has 0 saturated carbocycles. The molecule has 2 aliphatic carbocycles. The molecule has 1 aromatic heterocycles. The summed E-state index contributed by atoms with van der Waals surface area (Å²) in [5.74, 6) is 0.220. The van der Waals surface area contributed by atoms with E-state index in [0.717, 1.165) is 0 Å². The molecule has 6 aromatic carbocycles. The van der Waals surface area contributed by atoms with Crippen LogP contribution in [0.5, 0.6) is 0 Å². The van der Waals surface area contributed by atoms with E-state index >= 15 is 0 Å². The van der Waals surface area contributed by atoms with Gasteiger partial charge in [0.1, 0.15) is 0 Å². The van der Waals surface area contributed by atoms with Crippen molar-refractivity contribution in [1.82, 2.24) is 4.57 Å². The number of nitrogens with zero attached hydrogens (tertiary/aromatic N) is 2. The van der Waals surface area contributed by atoms with Gasteiger partial charge in [0.2, 0.25) is 0 Å². The minimum atomic E-state index is -0.237. The predicted octanol–water partition coefficient (Wildman–Crippen LogP) is 11.0. The Balaban J connectivity index is 1.26. The fraction of sp³-hybridized carbons (Fsp3) is 0.136. The maximum absolute atomic E-state index is 2.56. The zero-order valence-electron chi connectivity index (χ0n) is 26.3. The van der Waals surface area contributed by atoms with Gasteiger partial charge in [-0.15, -0.1) is 0 Å². The van der Waals surface area contributed by atoms with Crippen molar-refractivity contribution >= 4 is 39.3 Å². The number of hydrogen-bond donors (Lipinski definition) is 0. The predicted molar refractivity (Wildman–Crippen MR) is 192 cm³/mol. The summed E-state index contributed by atoms with van der Waals surface area (Å²) in [6.07, 6.45) is 2.50. The van der Waals surface area contributed by atoms with Crippen molar-refractivity contribution in [2.75, 3.05) is 4.90 Å². The molecule has 0 bridgehead atoms. The van der Waals surface area contributed by atoms with Gasteiger partial charge in [-0.05, 0) is 88.8 Å². The third kappa shape index (κ3) is 3.12. The number of benzene rings is 6. The van der Waals surface area contributed by atoms with Gasteiger partial charge in [0.15, 0.2) is 0 Å². The molecular weight excluding hydrogens is 556 g/mol. The lowest BCUT2D eigenvalue weighted by atomic mass is 9.54. The summed E-state index contributed by atoms with van der Waals surface area (Å²) in [6, 6.07) is 51.9. The van der Waals surface area contributed by atoms with Crippen LogP contribution in [0, 0.1) is 0 Å². The minimum absolute atomic E-state index is 0.0596. The first-order valence-electron chi connectivity index (χ1n) is 16.4. The number of hydrogen-bond acceptors (Lipinski definition) is 1. The molecule has 2 unspecified atom stereocenters. The van der Waals surface area contributed by atoms with Crippen LogP contribution in [0.4, 0.5) is 11.4 Å². The average Bonchev–Trinajstić information content (AvgIpc) is 3.56. The highest BCUT2D eigenvalue weighted by Gasteiger charge is 2.56. The second-order valence-corrected chi connectivity index (χ2v) is 13.9. The highest BCUT2D eigenvalue weighted by atomic mass is 15.2. The molecule has 3 aliphatic rings. The molecule has 0 amide bonds. The first-order chi connectivity index (χ1) is 22.5. The Morgan fingerprint density at radius 3 is 2.11 bits per heavy atom. The third-order valence-electron chi connectivity index (χ3n) is 11.3. The van der Waals surface area contributed by atoms with Crippen molar-refractivity contribution in [2.45, 2.75) is 37.5 Å². The fourth-order valence-corrected chi connectivity index (χ4v) is 9.30. The van der Waals surface area contributed by atoms with Crippen molar-refractivity contribution in [3.8, 4) is 5.69 Å². The van der Waals surface area contributed by atoms with Crippen LogP contribution in [0.2, 0.25) is 0 Å². The van der Waals surface area contributed by atoms with Gasteiger partial charge in [0.05, 0.1) is 16.7 Å². The molecule has 0 radical (unpaired) electrons. The molecule has 7 aromatic rings. The average molecular weight is 591 g/mol. The molecule has 1 aliphatic heterocycles. The second kappa shape index (κ2) is 8.89. The minimum Gasteiger partial charge on any atom is -0.313 e. The van der Waals surface area contributed by atoms with Crippen molar-refractivity contribution < 1.29 is 0 Å². The van der Waals surface area contributed by atoms with Crippen molar-refractivity contribution in [3.05, 3.63) is 179 Å². The van der Waals surface area contributed by atoms with Gasteiger partial charge in [0.25, 0.3) is 0 Å². The van der Waals surface area contributed by atoms with Crippen LogP contribution >= 0.6 is 0 Å². The van der Waals surface area contributed by atoms with Gasteiger partial charge in [-0.2, -0.15) is 0 Å². The number of allylic oxidation sites excluding steroid dienone is 1. The van der Waals surface area contributed by atoms with Crippen molar-refractivity contribution in [1.29, 1.82) is 0 Å². The van der Waals surface area contributed by atoms with E-state index in [9.17, 15) is 0 Å². The highest BCUT2D eigenvalue weighted by molar-refractivity contribution is 6.10. The molecular formula is C44H34N2. The molecule has 0 N–H and O–H groups in total. The Kier molecular flexibility index (Phi) is 5.01. The number of para-hydroxylation sites is 3. The number of anilines is 2. The molecule has 2 nitrogen and oxygen atoms in total. The third-order valence-corrected chi connectivity index (χ3v) is 11.3. The first-order valence-corrected chi connectivity index (χ1v) is 16.4. The van der Waals surface area contributed by atoms with Crippen LogP contribution in [0.1, 0.15) is 60.1 Å². The lowest BCUT2D eigenvalue weighted by Gasteiger charge is -2.49. The summed E-state index contributed by atoms with van der Waals surface area (Å²) in [5.41, 5.74) is 15.8. The molecule has 2 atom stereocenters. The summed E-state index contributed by atoms with van der Waals surface area (Å²) in [4.78, 5) is 2.56. The zero-order valence-corrected chi connectivity index (χ0v) is 26.3. The van der Waals surface area contributed by atoms with Crippen LogP contribution < -0.4 is 4.90 Å². The quantitative estimate of drug-likeness (QED) is 0.194. The number of rotatable bonds is 2.